The molecule has 1 aliphatic carbocycles. The SMILES string of the molecule is C=C(CO)C(=O)OCCc1cc(CCOC(=O)C(=C)CO)cc(-c2ccc(C3=CCC(CCCCC)CC3)cc2)c1. The van der Waals surface area contributed by atoms with Crippen LogP contribution in [-0.4, -0.2) is 48.6 Å². The Bertz CT molecular complexity index is 1170. The smallest absolute Gasteiger partial charge is 0.335 e. The summed E-state index contributed by atoms with van der Waals surface area (Å²) in [4.78, 5) is 23.8. The molecule has 2 N–H and O–H groups in total. The van der Waals surface area contributed by atoms with E-state index in [4.69, 9.17) is 19.7 Å². The second-order valence-corrected chi connectivity index (χ2v) is 10.8. The van der Waals surface area contributed by atoms with Gasteiger partial charge >= 0.3 is 11.9 Å². The molecule has 1 atom stereocenters. The molecule has 0 radical (unpaired) electrons. The van der Waals surface area contributed by atoms with Crippen molar-refractivity contribution in [2.24, 2.45) is 5.92 Å². The lowest BCUT2D eigenvalue weighted by Gasteiger charge is -2.22. The van der Waals surface area contributed by atoms with Gasteiger partial charge in [0.05, 0.1) is 37.6 Å². The molecule has 0 bridgehead atoms. The van der Waals surface area contributed by atoms with Gasteiger partial charge in [0.15, 0.2) is 0 Å². The monoisotopic (exact) mass is 560 g/mol. The zero-order valence-corrected chi connectivity index (χ0v) is 24.3. The van der Waals surface area contributed by atoms with Crippen molar-refractivity contribution in [3.63, 3.8) is 0 Å². The lowest BCUT2D eigenvalue weighted by molar-refractivity contribution is -0.140. The highest BCUT2D eigenvalue weighted by molar-refractivity contribution is 5.88. The molecule has 2 aromatic carbocycles. The third-order valence-corrected chi connectivity index (χ3v) is 7.58. The Balaban J connectivity index is 1.72. The van der Waals surface area contributed by atoms with Gasteiger partial charge < -0.3 is 19.7 Å². The Morgan fingerprint density at radius 2 is 1.39 bits per heavy atom. The van der Waals surface area contributed by atoms with Crippen LogP contribution in [-0.2, 0) is 31.9 Å². The number of aliphatic hydroxyl groups is 2. The fraction of sp³-hybridized carbons (Fsp3) is 0.429. The normalized spacial score (nSPS) is 14.7. The number of aliphatic hydroxyl groups excluding tert-OH is 2. The maximum absolute atomic E-state index is 11.9. The van der Waals surface area contributed by atoms with E-state index < -0.39 is 25.2 Å². The van der Waals surface area contributed by atoms with E-state index in [0.29, 0.717) is 12.8 Å². The zero-order valence-electron chi connectivity index (χ0n) is 24.3. The van der Waals surface area contributed by atoms with Crippen LogP contribution in [0.3, 0.4) is 0 Å². The molecule has 6 nitrogen and oxygen atoms in total. The summed E-state index contributed by atoms with van der Waals surface area (Å²) in [6.45, 7) is 8.68. The molecule has 3 rings (SSSR count). The summed E-state index contributed by atoms with van der Waals surface area (Å²) in [7, 11) is 0. The van der Waals surface area contributed by atoms with E-state index in [2.05, 4.69) is 62.6 Å². The first-order chi connectivity index (χ1) is 19.8. The minimum atomic E-state index is -0.611. The fourth-order valence-electron chi connectivity index (χ4n) is 5.05. The maximum atomic E-state index is 11.9. The molecule has 0 saturated carbocycles. The van der Waals surface area contributed by atoms with Crippen molar-refractivity contribution in [3.05, 3.63) is 89.5 Å². The summed E-state index contributed by atoms with van der Waals surface area (Å²) in [6.07, 6.45) is 12.2. The molecule has 0 amide bonds. The van der Waals surface area contributed by atoms with E-state index in [9.17, 15) is 9.59 Å². The van der Waals surface area contributed by atoms with Crippen LogP contribution in [0.5, 0.6) is 0 Å². The average Bonchev–Trinajstić information content (AvgIpc) is 3.00. The van der Waals surface area contributed by atoms with Gasteiger partial charge in [-0.05, 0) is 58.6 Å². The fourth-order valence-corrected chi connectivity index (χ4v) is 5.05. The van der Waals surface area contributed by atoms with Gasteiger partial charge in [0.2, 0.25) is 0 Å². The first-order valence-corrected chi connectivity index (χ1v) is 14.7. The van der Waals surface area contributed by atoms with Crippen molar-refractivity contribution in [1.82, 2.24) is 0 Å². The van der Waals surface area contributed by atoms with Gasteiger partial charge in [-0.25, -0.2) is 9.59 Å². The molecule has 1 aliphatic rings. The van der Waals surface area contributed by atoms with E-state index in [-0.39, 0.29) is 24.4 Å². The van der Waals surface area contributed by atoms with Crippen LogP contribution in [0.4, 0.5) is 0 Å². The standard InChI is InChI=1S/C35H44O6/c1-4-5-6-7-27-8-10-30(11-9-27)31-12-14-32(15-13-31)33-21-28(16-18-40-34(38)25(2)23-36)20-29(22-33)17-19-41-35(39)26(3)24-37/h10,12-15,20-22,27,36-37H,2-9,11,16-19,23-24H2,1H3. The highest BCUT2D eigenvalue weighted by Gasteiger charge is 2.16. The summed E-state index contributed by atoms with van der Waals surface area (Å²) < 4.78 is 10.5. The van der Waals surface area contributed by atoms with Crippen LogP contribution in [0, 0.1) is 5.92 Å². The molecular formula is C35H44O6. The van der Waals surface area contributed by atoms with Crippen molar-refractivity contribution in [2.45, 2.75) is 64.7 Å². The molecule has 0 aromatic heterocycles. The third-order valence-electron chi connectivity index (χ3n) is 7.58. The number of allylic oxidation sites excluding steroid dienone is 2. The Morgan fingerprint density at radius 3 is 1.88 bits per heavy atom. The Kier molecular flexibility index (Phi) is 13.1. The molecule has 220 valence electrons. The molecule has 41 heavy (non-hydrogen) atoms. The van der Waals surface area contributed by atoms with E-state index in [1.165, 1.54) is 49.7 Å². The lowest BCUT2D eigenvalue weighted by atomic mass is 9.83. The summed E-state index contributed by atoms with van der Waals surface area (Å²) in [6, 6.07) is 14.8. The molecule has 0 fully saturated rings. The molecule has 2 aromatic rings. The zero-order chi connectivity index (χ0) is 29.6. The average molecular weight is 561 g/mol. The molecule has 0 spiro atoms. The topological polar surface area (TPSA) is 93.1 Å². The van der Waals surface area contributed by atoms with Gasteiger partial charge in [0, 0.05) is 12.8 Å². The summed E-state index contributed by atoms with van der Waals surface area (Å²) >= 11 is 0. The van der Waals surface area contributed by atoms with Gasteiger partial charge in [-0.2, -0.15) is 0 Å². The van der Waals surface area contributed by atoms with Gasteiger partial charge in [-0.1, -0.05) is 94.3 Å². The summed E-state index contributed by atoms with van der Waals surface area (Å²) in [5.41, 5.74) is 6.77. The Hall–Kier alpha value is -3.48. The summed E-state index contributed by atoms with van der Waals surface area (Å²) in [5.74, 6) is -0.410. The molecule has 0 aliphatic heterocycles. The van der Waals surface area contributed by atoms with E-state index in [1.807, 2.05) is 6.07 Å². The minimum Gasteiger partial charge on any atom is -0.462 e. The Labute approximate surface area is 244 Å². The maximum Gasteiger partial charge on any atom is 0.335 e. The highest BCUT2D eigenvalue weighted by atomic mass is 16.5. The van der Waals surface area contributed by atoms with Crippen molar-refractivity contribution < 1.29 is 29.3 Å². The van der Waals surface area contributed by atoms with Crippen molar-refractivity contribution in [2.75, 3.05) is 26.4 Å². The molecule has 1 unspecified atom stereocenters. The van der Waals surface area contributed by atoms with Crippen LogP contribution >= 0.6 is 0 Å². The number of unbranched alkanes of at least 4 members (excludes halogenated alkanes) is 2. The third kappa shape index (κ3) is 10.1. The van der Waals surface area contributed by atoms with Crippen molar-refractivity contribution in [3.8, 4) is 11.1 Å². The van der Waals surface area contributed by atoms with Crippen LogP contribution < -0.4 is 0 Å². The van der Waals surface area contributed by atoms with Gasteiger partial charge in [-0.3, -0.25) is 0 Å². The molecule has 0 saturated heterocycles. The molecular weight excluding hydrogens is 516 g/mol. The number of carbonyl (C=O) groups excluding carboxylic acids is 2. The second kappa shape index (κ2) is 16.7. The first kappa shape index (κ1) is 32.0. The number of carbonyl (C=O) groups is 2. The van der Waals surface area contributed by atoms with Crippen LogP contribution in [0.15, 0.2) is 72.8 Å². The quantitative estimate of drug-likeness (QED) is 0.140. The van der Waals surface area contributed by atoms with Gasteiger partial charge in [0.25, 0.3) is 0 Å². The lowest BCUT2D eigenvalue weighted by Crippen LogP contribution is -2.13. The largest absolute Gasteiger partial charge is 0.462 e. The van der Waals surface area contributed by atoms with E-state index >= 15 is 0 Å². The van der Waals surface area contributed by atoms with Crippen LogP contribution in [0.1, 0.15) is 68.6 Å². The Morgan fingerprint density at radius 1 is 0.829 bits per heavy atom. The predicted molar refractivity (Wildman–Crippen MR) is 163 cm³/mol. The number of hydrogen-bond acceptors (Lipinski definition) is 6. The number of esters is 2. The van der Waals surface area contributed by atoms with Crippen molar-refractivity contribution in [1.29, 1.82) is 0 Å². The predicted octanol–water partition coefficient (Wildman–Crippen LogP) is 6.39. The van der Waals surface area contributed by atoms with E-state index in [0.717, 1.165) is 34.6 Å². The highest BCUT2D eigenvalue weighted by Crippen LogP contribution is 2.34. The second-order valence-electron chi connectivity index (χ2n) is 10.8. The van der Waals surface area contributed by atoms with Gasteiger partial charge in [-0.15, -0.1) is 0 Å². The van der Waals surface area contributed by atoms with Gasteiger partial charge in [0.1, 0.15) is 0 Å². The number of ether oxygens (including phenoxy) is 2. The number of rotatable bonds is 16. The van der Waals surface area contributed by atoms with Crippen molar-refractivity contribution >= 4 is 17.5 Å². The summed E-state index contributed by atoms with van der Waals surface area (Å²) in [5, 5.41) is 18.2. The van der Waals surface area contributed by atoms with Crippen LogP contribution in [0.25, 0.3) is 16.7 Å². The molecule has 0 heterocycles. The van der Waals surface area contributed by atoms with Crippen LogP contribution in [0.2, 0.25) is 0 Å². The minimum absolute atomic E-state index is 0.0194. The first-order valence-electron chi connectivity index (χ1n) is 14.7. The number of benzene rings is 2. The number of hydrogen-bond donors (Lipinski definition) is 2. The molecule has 6 heteroatoms. The van der Waals surface area contributed by atoms with E-state index in [1.54, 1.807) is 0 Å².